The van der Waals surface area contributed by atoms with E-state index in [2.05, 4.69) is 73.9 Å². The highest BCUT2D eigenvalue weighted by atomic mass is 15.3. The summed E-state index contributed by atoms with van der Waals surface area (Å²) in [5.41, 5.74) is 7.41. The van der Waals surface area contributed by atoms with Crippen LogP contribution in [-0.4, -0.2) is 47.1 Å². The second kappa shape index (κ2) is 7.66. The van der Waals surface area contributed by atoms with Crippen molar-refractivity contribution in [1.29, 1.82) is 0 Å². The van der Waals surface area contributed by atoms with E-state index in [-0.39, 0.29) is 0 Å². The van der Waals surface area contributed by atoms with Crippen molar-refractivity contribution >= 4 is 11.4 Å². The van der Waals surface area contributed by atoms with Crippen LogP contribution in [0.25, 0.3) is 16.8 Å². The van der Waals surface area contributed by atoms with Crippen LogP contribution in [0.1, 0.15) is 38.4 Å². The molecule has 0 bridgehead atoms. The number of aryl methyl sites for hydroxylation is 1. The fraction of sp³-hybridized carbons (Fsp3) is 0.462. The van der Waals surface area contributed by atoms with E-state index in [1.54, 1.807) is 0 Å². The second-order valence-corrected chi connectivity index (χ2v) is 9.39. The fourth-order valence-corrected chi connectivity index (χ4v) is 4.89. The molecule has 1 saturated heterocycles. The Labute approximate surface area is 180 Å². The molecule has 0 radical (unpaired) electrons. The predicted molar refractivity (Wildman–Crippen MR) is 124 cm³/mol. The van der Waals surface area contributed by atoms with Gasteiger partial charge >= 0.3 is 0 Å². The van der Waals surface area contributed by atoms with Gasteiger partial charge in [0, 0.05) is 37.8 Å². The van der Waals surface area contributed by atoms with Crippen molar-refractivity contribution in [3.63, 3.8) is 0 Å². The maximum Gasteiger partial charge on any atom is 0.147 e. The van der Waals surface area contributed by atoms with Gasteiger partial charge in [-0.1, -0.05) is 47.6 Å². The molecule has 0 N–H and O–H groups in total. The van der Waals surface area contributed by atoms with Gasteiger partial charge in [-0.15, -0.1) is 0 Å². The maximum atomic E-state index is 5.20. The molecule has 0 spiro atoms. The quantitative estimate of drug-likeness (QED) is 0.726. The van der Waals surface area contributed by atoms with Gasteiger partial charge in [0.1, 0.15) is 5.82 Å². The van der Waals surface area contributed by atoms with E-state index in [0.29, 0.717) is 17.9 Å². The first kappa shape index (κ1) is 19.5. The molecular formula is C26H32N4. The monoisotopic (exact) mass is 400 g/mol. The van der Waals surface area contributed by atoms with Gasteiger partial charge in [-0.25, -0.2) is 4.98 Å². The molecule has 2 atom stereocenters. The Kier molecular flexibility index (Phi) is 4.98. The van der Waals surface area contributed by atoms with E-state index in [9.17, 15) is 0 Å². The molecule has 0 amide bonds. The number of rotatable bonds is 4. The van der Waals surface area contributed by atoms with E-state index < -0.39 is 0 Å². The van der Waals surface area contributed by atoms with Crippen molar-refractivity contribution in [1.82, 2.24) is 14.9 Å². The Morgan fingerprint density at radius 3 is 2.33 bits per heavy atom. The molecule has 1 aliphatic heterocycles. The summed E-state index contributed by atoms with van der Waals surface area (Å²) >= 11 is 0. The van der Waals surface area contributed by atoms with Crippen LogP contribution in [0.2, 0.25) is 0 Å². The number of hydrogen-bond donors (Lipinski definition) is 0. The molecule has 3 aliphatic rings. The molecule has 5 rings (SSSR count). The summed E-state index contributed by atoms with van der Waals surface area (Å²) in [7, 11) is 0. The van der Waals surface area contributed by atoms with Crippen LogP contribution in [0.15, 0.2) is 48.2 Å². The summed E-state index contributed by atoms with van der Waals surface area (Å²) in [6, 6.07) is 9.34. The third kappa shape index (κ3) is 3.58. The van der Waals surface area contributed by atoms with Gasteiger partial charge in [-0.3, -0.25) is 9.88 Å². The first-order valence-electron chi connectivity index (χ1n) is 11.3. The number of aromatic nitrogens is 2. The summed E-state index contributed by atoms with van der Waals surface area (Å²) in [5.74, 6) is 2.34. The van der Waals surface area contributed by atoms with E-state index in [4.69, 9.17) is 9.97 Å². The van der Waals surface area contributed by atoms with Gasteiger partial charge in [0.15, 0.2) is 0 Å². The van der Waals surface area contributed by atoms with Crippen LogP contribution in [0.4, 0.5) is 5.82 Å². The largest absolute Gasteiger partial charge is 0.353 e. The highest BCUT2D eigenvalue weighted by Crippen LogP contribution is 2.54. The highest BCUT2D eigenvalue weighted by Gasteiger charge is 2.43. The van der Waals surface area contributed by atoms with E-state index in [0.717, 1.165) is 48.9 Å². The number of fused-ring (bicyclic) bond motifs is 1. The molecule has 2 heterocycles. The molecule has 4 heteroatoms. The van der Waals surface area contributed by atoms with Crippen molar-refractivity contribution in [3.05, 3.63) is 59.4 Å². The molecule has 1 aromatic heterocycles. The van der Waals surface area contributed by atoms with Crippen LogP contribution >= 0.6 is 0 Å². The van der Waals surface area contributed by atoms with Gasteiger partial charge in [0.05, 0.1) is 17.6 Å². The number of hydrogen-bond acceptors (Lipinski definition) is 4. The van der Waals surface area contributed by atoms with Gasteiger partial charge in [0.2, 0.25) is 0 Å². The molecule has 1 saturated carbocycles. The van der Waals surface area contributed by atoms with Crippen LogP contribution in [0.3, 0.4) is 0 Å². The van der Waals surface area contributed by atoms with Crippen molar-refractivity contribution in [2.24, 2.45) is 11.8 Å². The smallest absolute Gasteiger partial charge is 0.147 e. The molecular weight excluding hydrogens is 368 g/mol. The van der Waals surface area contributed by atoms with Gasteiger partial charge in [-0.05, 0) is 51.5 Å². The first-order chi connectivity index (χ1) is 14.5. The van der Waals surface area contributed by atoms with Crippen LogP contribution in [-0.2, 0) is 0 Å². The van der Waals surface area contributed by atoms with Crippen molar-refractivity contribution in [3.8, 4) is 11.3 Å². The second-order valence-electron chi connectivity index (χ2n) is 9.39. The minimum Gasteiger partial charge on any atom is -0.353 e. The molecule has 2 unspecified atom stereocenters. The zero-order valence-corrected chi connectivity index (χ0v) is 18.6. The van der Waals surface area contributed by atoms with Gasteiger partial charge < -0.3 is 4.90 Å². The van der Waals surface area contributed by atoms with E-state index in [1.807, 2.05) is 6.20 Å². The maximum absolute atomic E-state index is 5.20. The van der Waals surface area contributed by atoms with Crippen molar-refractivity contribution in [2.75, 3.05) is 31.1 Å². The Morgan fingerprint density at radius 2 is 1.63 bits per heavy atom. The summed E-state index contributed by atoms with van der Waals surface area (Å²) in [6.45, 7) is 13.1. The number of piperazine rings is 1. The average Bonchev–Trinajstić information content (AvgIpc) is 3.56. The Morgan fingerprint density at radius 1 is 0.900 bits per heavy atom. The van der Waals surface area contributed by atoms with Crippen LogP contribution in [0.5, 0.6) is 0 Å². The lowest BCUT2D eigenvalue weighted by Crippen LogP contribution is -2.49. The number of benzene rings is 1. The fourth-order valence-electron chi connectivity index (χ4n) is 4.89. The minimum atomic E-state index is 0.602. The molecule has 156 valence electrons. The predicted octanol–water partition coefficient (Wildman–Crippen LogP) is 4.96. The van der Waals surface area contributed by atoms with Crippen molar-refractivity contribution < 1.29 is 0 Å². The van der Waals surface area contributed by atoms with Gasteiger partial charge in [0.25, 0.3) is 0 Å². The Hall–Kier alpha value is -2.46. The lowest BCUT2D eigenvalue weighted by molar-refractivity contribution is 0.209. The zero-order valence-electron chi connectivity index (χ0n) is 18.6. The molecule has 2 fully saturated rings. The third-order valence-electron chi connectivity index (χ3n) is 7.03. The molecule has 1 aromatic carbocycles. The van der Waals surface area contributed by atoms with E-state index >= 15 is 0 Å². The lowest BCUT2D eigenvalue weighted by atomic mass is 9.94. The topological polar surface area (TPSA) is 32.3 Å². The normalized spacial score (nSPS) is 23.8. The third-order valence-corrected chi connectivity index (χ3v) is 7.03. The zero-order chi connectivity index (χ0) is 20.8. The number of allylic oxidation sites excluding steroid dienone is 4. The SMILES string of the molecule is CC1=CC=C(c2ncc(N3CCN(C(C)C)CC3)nc2-c2ccc(C)cc2)C2CC12. The minimum absolute atomic E-state index is 0.602. The number of nitrogens with zero attached hydrogens (tertiary/aromatic N) is 4. The lowest BCUT2D eigenvalue weighted by Gasteiger charge is -2.37. The molecule has 4 nitrogen and oxygen atoms in total. The standard InChI is InChI=1S/C26H32N4/c1-17(2)29-11-13-30(14-12-29)24-16-27-26(21-10-7-19(4)22-15-23(21)22)25(28-24)20-8-5-18(3)6-9-20/h5-10,16-17,22-23H,11-15H2,1-4H3. The average molecular weight is 401 g/mol. The molecule has 2 aromatic rings. The molecule has 30 heavy (non-hydrogen) atoms. The van der Waals surface area contributed by atoms with Crippen molar-refractivity contribution in [2.45, 2.75) is 40.2 Å². The Balaban J connectivity index is 1.51. The van der Waals surface area contributed by atoms with Crippen LogP contribution in [0, 0.1) is 18.8 Å². The first-order valence-corrected chi connectivity index (χ1v) is 11.3. The summed E-state index contributed by atoms with van der Waals surface area (Å²) < 4.78 is 0. The number of anilines is 1. The van der Waals surface area contributed by atoms with E-state index in [1.165, 1.54) is 23.1 Å². The molecule has 2 aliphatic carbocycles. The Bertz CT molecular complexity index is 994. The van der Waals surface area contributed by atoms with Gasteiger partial charge in [-0.2, -0.15) is 0 Å². The summed E-state index contributed by atoms with van der Waals surface area (Å²) in [6.07, 6.45) is 7.82. The van der Waals surface area contributed by atoms with Crippen LogP contribution < -0.4 is 4.90 Å². The highest BCUT2D eigenvalue weighted by molar-refractivity contribution is 5.81. The summed E-state index contributed by atoms with van der Waals surface area (Å²) in [5, 5.41) is 0. The summed E-state index contributed by atoms with van der Waals surface area (Å²) in [4.78, 5) is 15.1.